The topological polar surface area (TPSA) is 79.8 Å². The first kappa shape index (κ1) is 21.0. The van der Waals surface area contributed by atoms with E-state index in [0.29, 0.717) is 18.9 Å². The number of halogens is 1. The van der Waals surface area contributed by atoms with Crippen molar-refractivity contribution in [3.63, 3.8) is 0 Å². The standard InChI is InChI=1S/C16H25N3O3S.HI/c1-3-17-16(19-14-9-11-23(20,21)12-14)18-10-8-13-4-6-15(22-2)7-5-13;/h4-7,14H,3,8-12H2,1-2H3,(H2,17,18,19);1H. The van der Waals surface area contributed by atoms with E-state index in [1.807, 2.05) is 31.2 Å². The van der Waals surface area contributed by atoms with Crippen LogP contribution in [0.4, 0.5) is 0 Å². The number of ether oxygens (including phenoxy) is 1. The molecular weight excluding hydrogens is 441 g/mol. The quantitative estimate of drug-likeness (QED) is 0.378. The lowest BCUT2D eigenvalue weighted by atomic mass is 10.1. The molecule has 136 valence electrons. The second-order valence-electron chi connectivity index (χ2n) is 5.60. The minimum Gasteiger partial charge on any atom is -0.497 e. The first-order valence-corrected chi connectivity index (χ1v) is 9.73. The van der Waals surface area contributed by atoms with E-state index in [1.165, 1.54) is 5.56 Å². The van der Waals surface area contributed by atoms with Gasteiger partial charge in [0.25, 0.3) is 0 Å². The van der Waals surface area contributed by atoms with Gasteiger partial charge in [-0.15, -0.1) is 24.0 Å². The molecule has 2 N–H and O–H groups in total. The zero-order chi connectivity index (χ0) is 16.7. The minimum absolute atomic E-state index is 0. The van der Waals surface area contributed by atoms with Crippen LogP contribution in [0.3, 0.4) is 0 Å². The first-order valence-electron chi connectivity index (χ1n) is 7.90. The van der Waals surface area contributed by atoms with Crippen molar-refractivity contribution in [2.24, 2.45) is 4.99 Å². The molecule has 6 nitrogen and oxygen atoms in total. The van der Waals surface area contributed by atoms with Crippen LogP contribution < -0.4 is 15.4 Å². The van der Waals surface area contributed by atoms with Gasteiger partial charge in [-0.25, -0.2) is 8.42 Å². The van der Waals surface area contributed by atoms with Gasteiger partial charge in [0.2, 0.25) is 0 Å². The lowest BCUT2D eigenvalue weighted by Gasteiger charge is -2.15. The van der Waals surface area contributed by atoms with E-state index >= 15 is 0 Å². The lowest BCUT2D eigenvalue weighted by Crippen LogP contribution is -2.44. The summed E-state index contributed by atoms with van der Waals surface area (Å²) in [6.45, 7) is 3.38. The fourth-order valence-electron chi connectivity index (χ4n) is 2.51. The van der Waals surface area contributed by atoms with E-state index in [4.69, 9.17) is 4.74 Å². The summed E-state index contributed by atoms with van der Waals surface area (Å²) in [6.07, 6.45) is 1.47. The SMILES string of the molecule is CCNC(=NCCc1ccc(OC)cc1)NC1CCS(=O)(=O)C1.I. The molecule has 0 amide bonds. The monoisotopic (exact) mass is 467 g/mol. The molecule has 0 aromatic heterocycles. The molecule has 1 saturated heterocycles. The highest BCUT2D eigenvalue weighted by atomic mass is 127. The molecule has 1 aliphatic heterocycles. The number of nitrogens with zero attached hydrogens (tertiary/aromatic N) is 1. The van der Waals surface area contributed by atoms with Gasteiger partial charge in [-0.1, -0.05) is 12.1 Å². The summed E-state index contributed by atoms with van der Waals surface area (Å²) in [4.78, 5) is 4.53. The molecule has 1 unspecified atom stereocenters. The maximum atomic E-state index is 11.5. The largest absolute Gasteiger partial charge is 0.497 e. The van der Waals surface area contributed by atoms with E-state index in [0.717, 1.165) is 18.7 Å². The molecule has 0 saturated carbocycles. The van der Waals surface area contributed by atoms with Crippen LogP contribution in [0.15, 0.2) is 29.3 Å². The summed E-state index contributed by atoms with van der Waals surface area (Å²) < 4.78 is 28.2. The predicted octanol–water partition coefficient (Wildman–Crippen LogP) is 1.60. The van der Waals surface area contributed by atoms with Crippen LogP contribution in [0.2, 0.25) is 0 Å². The normalized spacial score (nSPS) is 19.4. The van der Waals surface area contributed by atoms with Gasteiger partial charge in [-0.3, -0.25) is 4.99 Å². The van der Waals surface area contributed by atoms with Crippen LogP contribution in [-0.2, 0) is 16.3 Å². The molecule has 1 aliphatic rings. The number of guanidine groups is 1. The predicted molar refractivity (Wildman–Crippen MR) is 108 cm³/mol. The Hall–Kier alpha value is -1.03. The first-order chi connectivity index (χ1) is 11.0. The Kier molecular flexibility index (Phi) is 8.82. The van der Waals surface area contributed by atoms with Crippen LogP contribution in [-0.4, -0.2) is 52.1 Å². The Morgan fingerprint density at radius 2 is 2.04 bits per heavy atom. The van der Waals surface area contributed by atoms with Gasteiger partial charge in [-0.05, 0) is 37.5 Å². The second-order valence-corrected chi connectivity index (χ2v) is 7.83. The van der Waals surface area contributed by atoms with E-state index < -0.39 is 9.84 Å². The third-order valence-electron chi connectivity index (χ3n) is 3.75. The maximum absolute atomic E-state index is 11.5. The molecule has 0 bridgehead atoms. The molecule has 1 aromatic carbocycles. The summed E-state index contributed by atoms with van der Waals surface area (Å²) in [5.41, 5.74) is 1.19. The molecule has 0 spiro atoms. The fraction of sp³-hybridized carbons (Fsp3) is 0.562. The zero-order valence-corrected chi connectivity index (χ0v) is 17.3. The summed E-state index contributed by atoms with van der Waals surface area (Å²) in [6, 6.07) is 7.88. The molecular formula is C16H26IN3O3S. The molecule has 0 radical (unpaired) electrons. The van der Waals surface area contributed by atoms with Crippen molar-refractivity contribution in [3.8, 4) is 5.75 Å². The Morgan fingerprint density at radius 3 is 2.58 bits per heavy atom. The molecule has 1 heterocycles. The van der Waals surface area contributed by atoms with Crippen molar-refractivity contribution in [1.82, 2.24) is 10.6 Å². The van der Waals surface area contributed by atoms with E-state index in [2.05, 4.69) is 15.6 Å². The third-order valence-corrected chi connectivity index (χ3v) is 5.51. The van der Waals surface area contributed by atoms with E-state index in [1.54, 1.807) is 7.11 Å². The smallest absolute Gasteiger partial charge is 0.191 e. The van der Waals surface area contributed by atoms with Crippen molar-refractivity contribution in [3.05, 3.63) is 29.8 Å². The van der Waals surface area contributed by atoms with Crippen molar-refractivity contribution < 1.29 is 13.2 Å². The van der Waals surface area contributed by atoms with E-state index in [-0.39, 0.29) is 41.5 Å². The summed E-state index contributed by atoms with van der Waals surface area (Å²) >= 11 is 0. The third kappa shape index (κ3) is 6.84. The van der Waals surface area contributed by atoms with Crippen LogP contribution in [0, 0.1) is 0 Å². The molecule has 8 heteroatoms. The maximum Gasteiger partial charge on any atom is 0.191 e. The van der Waals surface area contributed by atoms with Gasteiger partial charge in [-0.2, -0.15) is 0 Å². The van der Waals surface area contributed by atoms with Gasteiger partial charge in [0.1, 0.15) is 5.75 Å². The highest BCUT2D eigenvalue weighted by Crippen LogP contribution is 2.12. The van der Waals surface area contributed by atoms with Crippen molar-refractivity contribution in [2.75, 3.05) is 31.7 Å². The Labute approximate surface area is 161 Å². The number of nitrogens with one attached hydrogen (secondary N) is 2. The highest BCUT2D eigenvalue weighted by Gasteiger charge is 2.28. The summed E-state index contributed by atoms with van der Waals surface area (Å²) in [5, 5.41) is 6.38. The summed E-state index contributed by atoms with van der Waals surface area (Å²) in [5.74, 6) is 1.98. The van der Waals surface area contributed by atoms with Crippen molar-refractivity contribution >= 4 is 39.8 Å². The number of aliphatic imine (C=N–C) groups is 1. The number of benzene rings is 1. The second kappa shape index (κ2) is 10.1. The van der Waals surface area contributed by atoms with Gasteiger partial charge in [0.15, 0.2) is 15.8 Å². The van der Waals surface area contributed by atoms with Gasteiger partial charge in [0, 0.05) is 19.1 Å². The number of hydrogen-bond donors (Lipinski definition) is 2. The molecule has 0 aliphatic carbocycles. The number of hydrogen-bond acceptors (Lipinski definition) is 4. The lowest BCUT2D eigenvalue weighted by molar-refractivity contribution is 0.414. The van der Waals surface area contributed by atoms with Crippen LogP contribution in [0.1, 0.15) is 18.9 Å². The van der Waals surface area contributed by atoms with Gasteiger partial charge < -0.3 is 15.4 Å². The minimum atomic E-state index is -2.88. The molecule has 1 fully saturated rings. The average Bonchev–Trinajstić information content (AvgIpc) is 2.87. The molecule has 24 heavy (non-hydrogen) atoms. The Balaban J connectivity index is 0.00000288. The van der Waals surface area contributed by atoms with Crippen molar-refractivity contribution in [1.29, 1.82) is 0 Å². The number of rotatable bonds is 6. The summed E-state index contributed by atoms with van der Waals surface area (Å²) in [7, 11) is -1.23. The van der Waals surface area contributed by atoms with E-state index in [9.17, 15) is 8.42 Å². The van der Waals surface area contributed by atoms with Crippen LogP contribution in [0.25, 0.3) is 0 Å². The fourth-order valence-corrected chi connectivity index (χ4v) is 4.18. The number of sulfone groups is 1. The molecule has 1 atom stereocenters. The Morgan fingerprint density at radius 1 is 1.33 bits per heavy atom. The van der Waals surface area contributed by atoms with Crippen molar-refractivity contribution in [2.45, 2.75) is 25.8 Å². The van der Waals surface area contributed by atoms with Gasteiger partial charge in [0.05, 0.1) is 18.6 Å². The number of methoxy groups -OCH3 is 1. The Bertz CT molecular complexity index is 632. The van der Waals surface area contributed by atoms with Crippen LogP contribution >= 0.6 is 24.0 Å². The highest BCUT2D eigenvalue weighted by molar-refractivity contribution is 14.0. The zero-order valence-electron chi connectivity index (χ0n) is 14.1. The van der Waals surface area contributed by atoms with Gasteiger partial charge >= 0.3 is 0 Å². The molecule has 1 aromatic rings. The van der Waals surface area contributed by atoms with Crippen LogP contribution in [0.5, 0.6) is 5.75 Å². The molecule has 2 rings (SSSR count). The average molecular weight is 467 g/mol.